The first-order valence-corrected chi connectivity index (χ1v) is 6.82. The third-order valence-corrected chi connectivity index (χ3v) is 3.76. The highest BCUT2D eigenvalue weighted by atomic mass is 32.1. The molecule has 1 unspecified atom stereocenters. The van der Waals surface area contributed by atoms with E-state index in [-0.39, 0.29) is 12.5 Å². The zero-order chi connectivity index (χ0) is 13.8. The summed E-state index contributed by atoms with van der Waals surface area (Å²) >= 11 is 4.88. The number of hydrogen-bond donors (Lipinski definition) is 2. The second kappa shape index (κ2) is 6.12. The molecule has 1 aromatic rings. The van der Waals surface area contributed by atoms with Gasteiger partial charge in [-0.3, -0.25) is 4.79 Å². The van der Waals surface area contributed by atoms with Crippen LogP contribution in [0.3, 0.4) is 0 Å². The van der Waals surface area contributed by atoms with Gasteiger partial charge in [0.25, 0.3) is 5.91 Å². The van der Waals surface area contributed by atoms with Gasteiger partial charge in [-0.25, -0.2) is 0 Å². The predicted molar refractivity (Wildman–Crippen MR) is 78.0 cm³/mol. The molecule has 0 saturated carbocycles. The van der Waals surface area contributed by atoms with E-state index >= 15 is 0 Å². The summed E-state index contributed by atoms with van der Waals surface area (Å²) in [5.74, 6) is 0.458. The second-order valence-corrected chi connectivity index (χ2v) is 5.30. The lowest BCUT2D eigenvalue weighted by Crippen LogP contribution is -2.28. The summed E-state index contributed by atoms with van der Waals surface area (Å²) in [6.45, 7) is 1.69. The van der Waals surface area contributed by atoms with Gasteiger partial charge in [0.2, 0.25) is 0 Å². The second-order valence-electron chi connectivity index (χ2n) is 4.86. The summed E-state index contributed by atoms with van der Waals surface area (Å²) in [4.78, 5) is 14.5. The summed E-state index contributed by atoms with van der Waals surface area (Å²) in [7, 11) is 0. The van der Waals surface area contributed by atoms with Crippen molar-refractivity contribution in [1.82, 2.24) is 4.90 Å². The maximum atomic E-state index is 12.3. The normalized spacial score (nSPS) is 18.6. The first kappa shape index (κ1) is 14.0. The van der Waals surface area contributed by atoms with E-state index in [0.717, 1.165) is 31.5 Å². The Kier molecular flexibility index (Phi) is 4.50. The van der Waals surface area contributed by atoms with Gasteiger partial charge in [-0.05, 0) is 30.9 Å². The maximum absolute atomic E-state index is 12.3. The van der Waals surface area contributed by atoms with Crippen molar-refractivity contribution in [1.29, 1.82) is 0 Å². The lowest BCUT2D eigenvalue weighted by molar-refractivity contribution is 0.0785. The molecule has 0 aliphatic carbocycles. The Bertz CT molecular complexity index is 473. The summed E-state index contributed by atoms with van der Waals surface area (Å²) in [6.07, 6.45) is 1.74. The molecule has 1 amide bonds. The Morgan fingerprint density at radius 2 is 2.00 bits per heavy atom. The van der Waals surface area contributed by atoms with Gasteiger partial charge in [0.15, 0.2) is 0 Å². The molecule has 1 aliphatic rings. The zero-order valence-corrected chi connectivity index (χ0v) is 11.5. The van der Waals surface area contributed by atoms with Gasteiger partial charge in [0.05, 0.1) is 0 Å². The van der Waals surface area contributed by atoms with Gasteiger partial charge >= 0.3 is 0 Å². The van der Waals surface area contributed by atoms with E-state index in [0.29, 0.717) is 16.5 Å². The number of aliphatic hydroxyl groups excluding tert-OH is 1. The van der Waals surface area contributed by atoms with Crippen LogP contribution in [0.2, 0.25) is 0 Å². The number of rotatable bonds is 4. The van der Waals surface area contributed by atoms with Crippen LogP contribution < -0.4 is 5.73 Å². The molecule has 1 saturated heterocycles. The predicted octanol–water partition coefficient (Wildman–Crippen LogP) is 1.17. The Morgan fingerprint density at radius 3 is 2.58 bits per heavy atom. The number of amides is 1. The molecule has 5 heteroatoms. The number of nitrogens with zero attached hydrogens (tertiary/aromatic N) is 1. The smallest absolute Gasteiger partial charge is 0.253 e. The fourth-order valence-corrected chi connectivity index (χ4v) is 2.53. The summed E-state index contributed by atoms with van der Waals surface area (Å²) < 4.78 is 0. The molecule has 19 heavy (non-hydrogen) atoms. The molecule has 1 aromatic carbocycles. The first-order chi connectivity index (χ1) is 9.11. The van der Waals surface area contributed by atoms with Crippen LogP contribution in [0.1, 0.15) is 28.8 Å². The highest BCUT2D eigenvalue weighted by Crippen LogP contribution is 2.21. The molecular weight excluding hydrogens is 260 g/mol. The van der Waals surface area contributed by atoms with Crippen molar-refractivity contribution in [2.75, 3.05) is 19.7 Å². The number of thiocarbonyl (C=S) groups is 1. The minimum absolute atomic E-state index is 0.0370. The molecule has 4 nitrogen and oxygen atoms in total. The topological polar surface area (TPSA) is 66.6 Å². The van der Waals surface area contributed by atoms with Crippen molar-refractivity contribution < 1.29 is 9.90 Å². The largest absolute Gasteiger partial charge is 0.396 e. The average Bonchev–Trinajstić information content (AvgIpc) is 2.87. The number of carbonyl (C=O) groups is 1. The van der Waals surface area contributed by atoms with E-state index in [9.17, 15) is 4.79 Å². The average molecular weight is 278 g/mol. The number of benzene rings is 1. The highest BCUT2D eigenvalue weighted by molar-refractivity contribution is 7.80. The fourth-order valence-electron chi connectivity index (χ4n) is 2.39. The lowest BCUT2D eigenvalue weighted by atomic mass is 10.1. The molecular formula is C14H18N2O2S. The van der Waals surface area contributed by atoms with Crippen LogP contribution in [0.5, 0.6) is 0 Å². The number of carbonyl (C=O) groups excluding carboxylic acids is 1. The minimum atomic E-state index is 0.0370. The van der Waals surface area contributed by atoms with E-state index < -0.39 is 0 Å². The molecule has 1 fully saturated rings. The summed E-state index contributed by atoms with van der Waals surface area (Å²) in [6, 6.07) is 7.07. The lowest BCUT2D eigenvalue weighted by Gasteiger charge is -2.16. The van der Waals surface area contributed by atoms with Crippen molar-refractivity contribution >= 4 is 23.1 Å². The number of nitrogens with two attached hydrogens (primary N) is 1. The number of likely N-dealkylation sites (tertiary alicyclic amines) is 1. The minimum Gasteiger partial charge on any atom is -0.396 e. The zero-order valence-electron chi connectivity index (χ0n) is 10.7. The third-order valence-electron chi connectivity index (χ3n) is 3.53. The molecule has 0 aromatic heterocycles. The molecule has 3 N–H and O–H groups in total. The van der Waals surface area contributed by atoms with E-state index in [1.807, 2.05) is 4.90 Å². The standard InChI is InChI=1S/C14H18N2O2S/c15-13(19)11-1-3-12(4-2-11)14(18)16-7-5-10(9-16)6-8-17/h1-4,10,17H,5-9H2,(H2,15,19). The summed E-state index contributed by atoms with van der Waals surface area (Å²) in [5, 5.41) is 8.92. The van der Waals surface area contributed by atoms with E-state index in [1.165, 1.54) is 0 Å². The molecule has 1 heterocycles. The Hall–Kier alpha value is -1.46. The summed E-state index contributed by atoms with van der Waals surface area (Å²) in [5.41, 5.74) is 6.95. The van der Waals surface area contributed by atoms with Crippen LogP contribution in [0.4, 0.5) is 0 Å². The van der Waals surface area contributed by atoms with Crippen molar-refractivity contribution in [2.45, 2.75) is 12.8 Å². The molecule has 0 radical (unpaired) electrons. The van der Waals surface area contributed by atoms with Crippen LogP contribution in [-0.4, -0.2) is 40.6 Å². The monoisotopic (exact) mass is 278 g/mol. The van der Waals surface area contributed by atoms with Gasteiger partial charge in [-0.1, -0.05) is 24.4 Å². The third kappa shape index (κ3) is 3.30. The van der Waals surface area contributed by atoms with Crippen molar-refractivity contribution in [3.63, 3.8) is 0 Å². The Morgan fingerprint density at radius 1 is 1.37 bits per heavy atom. The molecule has 0 spiro atoms. The van der Waals surface area contributed by atoms with Crippen LogP contribution in [0, 0.1) is 5.92 Å². The molecule has 1 aliphatic heterocycles. The van der Waals surface area contributed by atoms with Crippen molar-refractivity contribution in [2.24, 2.45) is 11.7 Å². The number of aliphatic hydroxyl groups is 1. The van der Waals surface area contributed by atoms with Gasteiger partial charge in [0, 0.05) is 30.8 Å². The van der Waals surface area contributed by atoms with Gasteiger partial charge in [-0.2, -0.15) is 0 Å². The quantitative estimate of drug-likeness (QED) is 0.811. The van der Waals surface area contributed by atoms with Crippen molar-refractivity contribution in [3.05, 3.63) is 35.4 Å². The van der Waals surface area contributed by atoms with Crippen LogP contribution in [0.15, 0.2) is 24.3 Å². The van der Waals surface area contributed by atoms with Gasteiger partial charge in [0.1, 0.15) is 4.99 Å². The van der Waals surface area contributed by atoms with Crippen LogP contribution in [-0.2, 0) is 0 Å². The Balaban J connectivity index is 2.02. The van der Waals surface area contributed by atoms with Crippen molar-refractivity contribution in [3.8, 4) is 0 Å². The molecule has 2 rings (SSSR count). The van der Waals surface area contributed by atoms with E-state index in [4.69, 9.17) is 23.1 Å². The van der Waals surface area contributed by atoms with Crippen LogP contribution >= 0.6 is 12.2 Å². The van der Waals surface area contributed by atoms with Gasteiger partial charge < -0.3 is 15.7 Å². The van der Waals surface area contributed by atoms with Gasteiger partial charge in [-0.15, -0.1) is 0 Å². The van der Waals surface area contributed by atoms with E-state index in [2.05, 4.69) is 0 Å². The highest BCUT2D eigenvalue weighted by Gasteiger charge is 2.26. The van der Waals surface area contributed by atoms with Crippen LogP contribution in [0.25, 0.3) is 0 Å². The first-order valence-electron chi connectivity index (χ1n) is 6.42. The molecule has 0 bridgehead atoms. The molecule has 102 valence electrons. The van der Waals surface area contributed by atoms with E-state index in [1.54, 1.807) is 24.3 Å². The molecule has 1 atom stereocenters. The maximum Gasteiger partial charge on any atom is 0.253 e. The number of hydrogen-bond acceptors (Lipinski definition) is 3. The Labute approximate surface area is 118 Å². The fraction of sp³-hybridized carbons (Fsp3) is 0.429. The SMILES string of the molecule is NC(=S)c1ccc(C(=O)N2CCC(CCO)C2)cc1.